The summed E-state index contributed by atoms with van der Waals surface area (Å²) in [6.45, 7) is 4.21. The third-order valence-electron chi connectivity index (χ3n) is 8.58. The van der Waals surface area contributed by atoms with Gasteiger partial charge < -0.3 is 14.7 Å². The number of likely N-dealkylation sites (tertiary alicyclic amines) is 1. The van der Waals surface area contributed by atoms with Crippen LogP contribution in [0.5, 0.6) is 0 Å². The van der Waals surface area contributed by atoms with Crippen molar-refractivity contribution in [2.45, 2.75) is 69.4 Å². The molecule has 8 heteroatoms. The number of imidazole rings is 1. The van der Waals surface area contributed by atoms with Crippen molar-refractivity contribution in [2.75, 3.05) is 32.8 Å². The summed E-state index contributed by atoms with van der Waals surface area (Å²) >= 11 is 1.69. The van der Waals surface area contributed by atoms with Crippen LogP contribution in [0.2, 0.25) is 0 Å². The van der Waals surface area contributed by atoms with Gasteiger partial charge in [0.1, 0.15) is 12.4 Å². The van der Waals surface area contributed by atoms with Crippen LogP contribution in [0.3, 0.4) is 0 Å². The number of alkyl halides is 1. The van der Waals surface area contributed by atoms with Crippen molar-refractivity contribution in [1.29, 1.82) is 0 Å². The van der Waals surface area contributed by atoms with Gasteiger partial charge in [-0.25, -0.2) is 9.37 Å². The number of aliphatic hydroxyl groups is 1. The van der Waals surface area contributed by atoms with Crippen LogP contribution in [-0.4, -0.2) is 58.3 Å². The lowest BCUT2D eigenvalue weighted by Gasteiger charge is -2.28. The highest BCUT2D eigenvalue weighted by Crippen LogP contribution is 2.47. The Labute approximate surface area is 232 Å². The number of nitrogens with zero attached hydrogens (tertiary/aromatic N) is 3. The van der Waals surface area contributed by atoms with Crippen LogP contribution >= 0.6 is 11.3 Å². The molecular weight excluding hydrogens is 511 g/mol. The highest BCUT2D eigenvalue weighted by molar-refractivity contribution is 7.23. The summed E-state index contributed by atoms with van der Waals surface area (Å²) in [5.74, 6) is 0.549. The molecule has 4 heterocycles. The zero-order valence-corrected chi connectivity index (χ0v) is 23.1. The summed E-state index contributed by atoms with van der Waals surface area (Å²) in [6, 6.07) is 15.1. The van der Waals surface area contributed by atoms with E-state index < -0.39 is 12.4 Å². The van der Waals surface area contributed by atoms with Crippen molar-refractivity contribution in [3.63, 3.8) is 0 Å². The maximum Gasteiger partial charge on any atom is 0.195 e. The number of ether oxygens (including phenoxy) is 1. The van der Waals surface area contributed by atoms with E-state index in [4.69, 9.17) is 9.72 Å². The van der Waals surface area contributed by atoms with Gasteiger partial charge >= 0.3 is 0 Å². The summed E-state index contributed by atoms with van der Waals surface area (Å²) in [6.07, 6.45) is 5.77. The summed E-state index contributed by atoms with van der Waals surface area (Å²) in [4.78, 5) is 8.47. The normalized spacial score (nSPS) is 21.8. The lowest BCUT2D eigenvalue weighted by Crippen LogP contribution is -2.36. The van der Waals surface area contributed by atoms with E-state index in [9.17, 15) is 9.50 Å². The first-order valence-electron chi connectivity index (χ1n) is 14.6. The number of halogens is 1. The van der Waals surface area contributed by atoms with E-state index in [2.05, 4.69) is 51.0 Å². The van der Waals surface area contributed by atoms with Crippen LogP contribution in [-0.2, 0) is 4.74 Å². The Bertz CT molecular complexity index is 1430. The van der Waals surface area contributed by atoms with E-state index in [-0.39, 0.29) is 6.10 Å². The van der Waals surface area contributed by atoms with Crippen LogP contribution < -0.4 is 5.32 Å². The molecule has 1 aliphatic carbocycles. The molecule has 4 aromatic rings. The summed E-state index contributed by atoms with van der Waals surface area (Å²) in [7, 11) is 0. The minimum atomic E-state index is -0.707. The van der Waals surface area contributed by atoms with Crippen LogP contribution in [0.4, 0.5) is 4.39 Å². The highest BCUT2D eigenvalue weighted by Gasteiger charge is 2.32. The molecule has 0 radical (unpaired) electrons. The Hall–Kier alpha value is -2.36. The third kappa shape index (κ3) is 5.25. The lowest BCUT2D eigenvalue weighted by molar-refractivity contribution is 0.112. The van der Waals surface area contributed by atoms with Crippen LogP contribution in [0, 0.1) is 0 Å². The SMILES string of the molecule is OC(NCCCN1CCC(F)CC1)c1ccc2c(c1)sc1nc(-c3ccc([C@H]4CCCO4)cc3)c(C3CC3)n12. The highest BCUT2D eigenvalue weighted by atomic mass is 32.1. The van der Waals surface area contributed by atoms with Crippen LogP contribution in [0.25, 0.3) is 26.4 Å². The van der Waals surface area contributed by atoms with Crippen LogP contribution in [0.1, 0.15) is 80.0 Å². The zero-order chi connectivity index (χ0) is 26.3. The average Bonchev–Trinajstić information content (AvgIpc) is 3.35. The predicted molar refractivity (Wildman–Crippen MR) is 154 cm³/mol. The van der Waals surface area contributed by atoms with E-state index >= 15 is 0 Å². The average molecular weight is 549 g/mol. The molecule has 1 saturated carbocycles. The van der Waals surface area contributed by atoms with Gasteiger partial charge in [-0.2, -0.15) is 0 Å². The molecule has 0 amide bonds. The third-order valence-corrected chi connectivity index (χ3v) is 9.58. The molecule has 2 aromatic carbocycles. The number of aromatic nitrogens is 2. The quantitative estimate of drug-likeness (QED) is 0.189. The van der Waals surface area contributed by atoms with E-state index in [1.807, 2.05) is 6.07 Å². The van der Waals surface area contributed by atoms with Crippen molar-refractivity contribution in [3.8, 4) is 11.3 Å². The van der Waals surface area contributed by atoms with E-state index in [0.717, 1.165) is 73.0 Å². The molecule has 6 nitrogen and oxygen atoms in total. The first-order valence-corrected chi connectivity index (χ1v) is 15.4. The molecular formula is C31H37FN4O2S. The van der Waals surface area contributed by atoms with Crippen molar-refractivity contribution in [3.05, 3.63) is 59.3 Å². The number of thiazole rings is 1. The van der Waals surface area contributed by atoms with Gasteiger partial charge in [-0.15, -0.1) is 0 Å². The number of piperidine rings is 1. The van der Waals surface area contributed by atoms with Gasteiger partial charge in [-0.3, -0.25) is 9.72 Å². The molecule has 7 rings (SSSR count). The number of aliphatic hydroxyl groups excluding tert-OH is 1. The summed E-state index contributed by atoms with van der Waals surface area (Å²) in [5.41, 5.74) is 6.90. The number of nitrogens with one attached hydrogen (secondary N) is 1. The fraction of sp³-hybridized carbons (Fsp3) is 0.516. The van der Waals surface area contributed by atoms with Crippen molar-refractivity contribution >= 4 is 26.5 Å². The van der Waals surface area contributed by atoms with Crippen molar-refractivity contribution in [2.24, 2.45) is 0 Å². The lowest BCUT2D eigenvalue weighted by atomic mass is 10.0. The fourth-order valence-electron chi connectivity index (χ4n) is 6.20. The number of fused-ring (bicyclic) bond motifs is 3. The minimum absolute atomic E-state index is 0.232. The number of hydrogen-bond donors (Lipinski definition) is 2. The fourth-order valence-corrected chi connectivity index (χ4v) is 7.28. The van der Waals surface area contributed by atoms with Gasteiger partial charge in [0.25, 0.3) is 0 Å². The second-order valence-electron chi connectivity index (χ2n) is 11.4. The Kier molecular flexibility index (Phi) is 7.15. The Morgan fingerprint density at radius 2 is 1.90 bits per heavy atom. The molecule has 206 valence electrons. The first-order chi connectivity index (χ1) is 19.1. The zero-order valence-electron chi connectivity index (χ0n) is 22.3. The summed E-state index contributed by atoms with van der Waals surface area (Å²) in [5, 5.41) is 14.1. The summed E-state index contributed by atoms with van der Waals surface area (Å²) < 4.78 is 22.7. The van der Waals surface area contributed by atoms with Gasteiger partial charge in [0.15, 0.2) is 4.96 Å². The topological polar surface area (TPSA) is 62.0 Å². The van der Waals surface area contributed by atoms with E-state index in [1.165, 1.54) is 35.2 Å². The van der Waals surface area contributed by atoms with Gasteiger partial charge in [0.05, 0.1) is 27.7 Å². The first kappa shape index (κ1) is 25.6. The van der Waals surface area contributed by atoms with Gasteiger partial charge in [0.2, 0.25) is 0 Å². The molecule has 2 saturated heterocycles. The molecule has 2 atom stereocenters. The molecule has 1 unspecified atom stereocenters. The molecule has 39 heavy (non-hydrogen) atoms. The molecule has 2 aliphatic heterocycles. The van der Waals surface area contributed by atoms with Gasteiger partial charge in [-0.05, 0) is 81.3 Å². The molecule has 2 aromatic heterocycles. The Balaban J connectivity index is 1.07. The largest absolute Gasteiger partial charge is 0.374 e. The molecule has 0 bridgehead atoms. The predicted octanol–water partition coefficient (Wildman–Crippen LogP) is 6.35. The number of rotatable bonds is 9. The number of benzene rings is 2. The monoisotopic (exact) mass is 548 g/mol. The second-order valence-corrected chi connectivity index (χ2v) is 12.4. The Morgan fingerprint density at radius 1 is 1.08 bits per heavy atom. The molecule has 0 spiro atoms. The minimum Gasteiger partial charge on any atom is -0.374 e. The molecule has 2 N–H and O–H groups in total. The maximum absolute atomic E-state index is 13.3. The van der Waals surface area contributed by atoms with E-state index in [0.29, 0.717) is 18.8 Å². The number of hydrogen-bond acceptors (Lipinski definition) is 6. The van der Waals surface area contributed by atoms with Gasteiger partial charge in [-0.1, -0.05) is 41.7 Å². The van der Waals surface area contributed by atoms with Crippen molar-refractivity contribution < 1.29 is 14.2 Å². The smallest absolute Gasteiger partial charge is 0.195 e. The van der Waals surface area contributed by atoms with Gasteiger partial charge in [0, 0.05) is 31.2 Å². The standard InChI is InChI=1S/C31H37FN4O2S/c32-24-12-16-35(17-13-24)15-2-14-33-30(37)23-10-11-25-27(19-23)39-31-34-28(29(36(25)31)22-8-9-22)21-6-4-20(5-7-21)26-3-1-18-38-26/h4-7,10-11,19,22,24,26,30,33,37H,1-3,8-9,12-18H2/t26-,30?/m1/s1. The van der Waals surface area contributed by atoms with Crippen LogP contribution in [0.15, 0.2) is 42.5 Å². The maximum atomic E-state index is 13.3. The van der Waals surface area contributed by atoms with Crippen molar-refractivity contribution in [1.82, 2.24) is 19.6 Å². The Morgan fingerprint density at radius 3 is 2.64 bits per heavy atom. The second kappa shape index (κ2) is 10.9. The molecule has 3 fully saturated rings. The molecule has 3 aliphatic rings. The van der Waals surface area contributed by atoms with E-state index in [1.54, 1.807) is 11.3 Å².